The van der Waals surface area contributed by atoms with Crippen LogP contribution in [0.15, 0.2) is 48.5 Å². The van der Waals surface area contributed by atoms with Gasteiger partial charge < -0.3 is 19.5 Å². The van der Waals surface area contributed by atoms with Gasteiger partial charge in [0.25, 0.3) is 0 Å². The van der Waals surface area contributed by atoms with Gasteiger partial charge in [-0.2, -0.15) is 0 Å². The van der Waals surface area contributed by atoms with Crippen LogP contribution < -0.4 is 9.47 Å². The minimum atomic E-state index is -4.76. The second-order valence-electron chi connectivity index (χ2n) is 5.94. The van der Waals surface area contributed by atoms with Crippen LogP contribution in [0.25, 0.3) is 0 Å². The van der Waals surface area contributed by atoms with Crippen LogP contribution >= 0.6 is 0 Å². The molecule has 0 fully saturated rings. The number of hydrogen-bond donors (Lipinski definition) is 1. The van der Waals surface area contributed by atoms with Gasteiger partial charge in [-0.1, -0.05) is 24.3 Å². The fourth-order valence-electron chi connectivity index (χ4n) is 2.32. The van der Waals surface area contributed by atoms with Crippen LogP contribution in [0, 0.1) is 0 Å². The average molecular weight is 397 g/mol. The highest BCUT2D eigenvalue weighted by molar-refractivity contribution is 5.78. The van der Waals surface area contributed by atoms with Crippen LogP contribution in [0.4, 0.5) is 13.2 Å². The molecule has 0 aliphatic carbocycles. The molecule has 2 aromatic carbocycles. The van der Waals surface area contributed by atoms with Crippen molar-refractivity contribution >= 4 is 11.9 Å². The highest BCUT2D eigenvalue weighted by Crippen LogP contribution is 2.23. The molecule has 0 aliphatic rings. The van der Waals surface area contributed by atoms with E-state index in [-0.39, 0.29) is 18.1 Å². The number of rotatable bonds is 8. The van der Waals surface area contributed by atoms with Gasteiger partial charge >= 0.3 is 12.3 Å². The zero-order valence-electron chi connectivity index (χ0n) is 14.9. The monoisotopic (exact) mass is 397 g/mol. The smallest absolute Gasteiger partial charge is 0.482 e. The Labute approximate surface area is 159 Å². The number of carbonyl (C=O) groups is 2. The van der Waals surface area contributed by atoms with Crippen molar-refractivity contribution in [1.82, 2.24) is 4.90 Å². The van der Waals surface area contributed by atoms with Crippen LogP contribution in [0.5, 0.6) is 11.5 Å². The molecular formula is C19H18F3NO5. The first kappa shape index (κ1) is 21.1. The molecule has 0 unspecified atom stereocenters. The maximum atomic E-state index is 12.3. The van der Waals surface area contributed by atoms with Gasteiger partial charge in [0, 0.05) is 13.6 Å². The van der Waals surface area contributed by atoms with Gasteiger partial charge in [0.2, 0.25) is 5.91 Å². The van der Waals surface area contributed by atoms with Gasteiger partial charge in [0.1, 0.15) is 11.5 Å². The van der Waals surface area contributed by atoms with Gasteiger partial charge in [-0.15, -0.1) is 13.2 Å². The Balaban J connectivity index is 1.87. The van der Waals surface area contributed by atoms with Crippen molar-refractivity contribution in [2.24, 2.45) is 0 Å². The molecule has 0 radical (unpaired) electrons. The molecule has 2 aromatic rings. The molecule has 1 N–H and O–H groups in total. The summed E-state index contributed by atoms with van der Waals surface area (Å²) in [5, 5.41) is 8.57. The molecule has 150 valence electrons. The molecule has 0 saturated heterocycles. The van der Waals surface area contributed by atoms with Crippen LogP contribution in [0.1, 0.15) is 11.1 Å². The number of carboxylic acids is 1. The second-order valence-corrected chi connectivity index (χ2v) is 5.94. The summed E-state index contributed by atoms with van der Waals surface area (Å²) in [4.78, 5) is 24.2. The van der Waals surface area contributed by atoms with E-state index in [2.05, 4.69) is 4.74 Å². The van der Waals surface area contributed by atoms with Crippen molar-refractivity contribution in [1.29, 1.82) is 0 Å². The van der Waals surface area contributed by atoms with Crippen LogP contribution in [0.3, 0.4) is 0 Å². The van der Waals surface area contributed by atoms with E-state index < -0.39 is 18.9 Å². The zero-order valence-corrected chi connectivity index (χ0v) is 14.9. The minimum Gasteiger partial charge on any atom is -0.482 e. The van der Waals surface area contributed by atoms with E-state index in [1.807, 2.05) is 0 Å². The predicted molar refractivity (Wildman–Crippen MR) is 92.9 cm³/mol. The summed E-state index contributed by atoms with van der Waals surface area (Å²) < 4.78 is 45.3. The van der Waals surface area contributed by atoms with Gasteiger partial charge in [0.05, 0.1) is 6.42 Å². The van der Waals surface area contributed by atoms with Crippen molar-refractivity contribution in [3.8, 4) is 11.5 Å². The van der Waals surface area contributed by atoms with Crippen molar-refractivity contribution < 1.29 is 37.3 Å². The summed E-state index contributed by atoms with van der Waals surface area (Å²) in [5.74, 6) is -1.23. The van der Waals surface area contributed by atoms with E-state index in [0.717, 1.165) is 17.7 Å². The molecule has 0 spiro atoms. The summed E-state index contributed by atoms with van der Waals surface area (Å²) in [7, 11) is 1.61. The summed E-state index contributed by atoms with van der Waals surface area (Å²) in [6.45, 7) is -0.127. The molecule has 0 aromatic heterocycles. The van der Waals surface area contributed by atoms with Crippen LogP contribution in [-0.2, 0) is 22.6 Å². The number of amides is 1. The lowest BCUT2D eigenvalue weighted by Crippen LogP contribution is -2.27. The maximum Gasteiger partial charge on any atom is 0.573 e. The standard InChI is InChI=1S/C19H18F3NO5/c1-23(11-14-4-6-15(7-5-14)27-12-18(25)26)17(24)10-13-2-8-16(9-3-13)28-19(20,21)22/h2-9H,10-12H2,1H3,(H,25,26). The third-order valence-corrected chi connectivity index (χ3v) is 3.64. The Kier molecular flexibility index (Phi) is 6.86. The van der Waals surface area contributed by atoms with Gasteiger partial charge in [-0.05, 0) is 35.4 Å². The third-order valence-electron chi connectivity index (χ3n) is 3.64. The Bertz CT molecular complexity index is 804. The maximum absolute atomic E-state index is 12.3. The molecule has 6 nitrogen and oxygen atoms in total. The summed E-state index contributed by atoms with van der Waals surface area (Å²) in [6.07, 6.45) is -4.73. The molecule has 1 amide bonds. The quantitative estimate of drug-likeness (QED) is 0.740. The Morgan fingerprint density at radius 2 is 1.50 bits per heavy atom. The summed E-state index contributed by atoms with van der Waals surface area (Å²) in [6, 6.07) is 11.8. The van der Waals surface area contributed by atoms with Crippen molar-refractivity contribution in [3.63, 3.8) is 0 Å². The predicted octanol–water partition coefficient (Wildman–Crippen LogP) is 3.25. The average Bonchev–Trinajstić information content (AvgIpc) is 2.61. The highest BCUT2D eigenvalue weighted by atomic mass is 19.4. The minimum absolute atomic E-state index is 0.0304. The summed E-state index contributed by atoms with van der Waals surface area (Å²) >= 11 is 0. The number of carbonyl (C=O) groups excluding carboxylic acids is 1. The first-order chi connectivity index (χ1) is 13.1. The van der Waals surface area contributed by atoms with E-state index in [1.54, 1.807) is 31.3 Å². The normalized spacial score (nSPS) is 11.0. The third kappa shape index (κ3) is 7.18. The van der Waals surface area contributed by atoms with E-state index in [1.165, 1.54) is 17.0 Å². The van der Waals surface area contributed by atoms with E-state index in [0.29, 0.717) is 17.9 Å². The van der Waals surface area contributed by atoms with E-state index >= 15 is 0 Å². The number of alkyl halides is 3. The van der Waals surface area contributed by atoms with E-state index in [4.69, 9.17) is 9.84 Å². The number of ether oxygens (including phenoxy) is 2. The SMILES string of the molecule is CN(Cc1ccc(OCC(=O)O)cc1)C(=O)Cc1ccc(OC(F)(F)F)cc1. The van der Waals surface area contributed by atoms with Crippen molar-refractivity contribution in [2.75, 3.05) is 13.7 Å². The summed E-state index contributed by atoms with van der Waals surface area (Å²) in [5.41, 5.74) is 1.37. The zero-order chi connectivity index (χ0) is 20.7. The van der Waals surface area contributed by atoms with Gasteiger partial charge in [0.15, 0.2) is 6.61 Å². The second kappa shape index (κ2) is 9.12. The number of hydrogen-bond acceptors (Lipinski definition) is 4. The largest absolute Gasteiger partial charge is 0.573 e. The first-order valence-corrected chi connectivity index (χ1v) is 8.14. The van der Waals surface area contributed by atoms with Crippen molar-refractivity contribution in [3.05, 3.63) is 59.7 Å². The fourth-order valence-corrected chi connectivity index (χ4v) is 2.32. The molecule has 9 heteroatoms. The molecule has 2 rings (SSSR count). The molecule has 0 aliphatic heterocycles. The lowest BCUT2D eigenvalue weighted by Gasteiger charge is -2.18. The Morgan fingerprint density at radius 3 is 2.04 bits per heavy atom. The lowest BCUT2D eigenvalue weighted by molar-refractivity contribution is -0.274. The molecule has 28 heavy (non-hydrogen) atoms. The first-order valence-electron chi connectivity index (χ1n) is 8.14. The number of aliphatic carboxylic acids is 1. The number of carboxylic acid groups (broad SMARTS) is 1. The molecule has 0 atom stereocenters. The topological polar surface area (TPSA) is 76.1 Å². The van der Waals surface area contributed by atoms with Crippen molar-refractivity contribution in [2.45, 2.75) is 19.3 Å². The van der Waals surface area contributed by atoms with Crippen LogP contribution in [0.2, 0.25) is 0 Å². The number of nitrogens with zero attached hydrogens (tertiary/aromatic N) is 1. The lowest BCUT2D eigenvalue weighted by atomic mass is 10.1. The number of likely N-dealkylation sites (N-methyl/N-ethyl adjacent to an activating group) is 1. The van der Waals surface area contributed by atoms with Gasteiger partial charge in [-0.3, -0.25) is 4.79 Å². The fraction of sp³-hybridized carbons (Fsp3) is 0.263. The van der Waals surface area contributed by atoms with Crippen LogP contribution in [-0.4, -0.2) is 41.9 Å². The molecule has 0 heterocycles. The number of halogens is 3. The highest BCUT2D eigenvalue weighted by Gasteiger charge is 2.30. The van der Waals surface area contributed by atoms with Gasteiger partial charge in [-0.25, -0.2) is 4.79 Å². The number of benzene rings is 2. The Hall–Kier alpha value is -3.23. The van der Waals surface area contributed by atoms with E-state index in [9.17, 15) is 22.8 Å². The molecule has 0 saturated carbocycles. The Morgan fingerprint density at radius 1 is 0.964 bits per heavy atom. The molecular weight excluding hydrogens is 379 g/mol. The molecule has 0 bridgehead atoms.